The van der Waals surface area contributed by atoms with E-state index in [9.17, 15) is 4.79 Å². The SMILES string of the molecule is Nc1cccc2c1CCCN2C(=O)CCn1cncn1. The third kappa shape index (κ3) is 2.36. The van der Waals surface area contributed by atoms with Gasteiger partial charge in [-0.3, -0.25) is 9.48 Å². The number of fused-ring (bicyclic) bond motifs is 1. The molecule has 0 radical (unpaired) electrons. The Morgan fingerprint density at radius 1 is 1.40 bits per heavy atom. The molecule has 1 aromatic heterocycles. The van der Waals surface area contributed by atoms with Crippen LogP contribution in [0.1, 0.15) is 18.4 Å². The molecule has 6 nitrogen and oxygen atoms in total. The van der Waals surface area contributed by atoms with Gasteiger partial charge in [0, 0.05) is 24.3 Å². The van der Waals surface area contributed by atoms with E-state index in [4.69, 9.17) is 5.73 Å². The summed E-state index contributed by atoms with van der Waals surface area (Å²) >= 11 is 0. The minimum absolute atomic E-state index is 0.104. The van der Waals surface area contributed by atoms with Gasteiger partial charge in [0.15, 0.2) is 0 Å². The highest BCUT2D eigenvalue weighted by atomic mass is 16.2. The number of hydrogen-bond donors (Lipinski definition) is 1. The van der Waals surface area contributed by atoms with Crippen molar-refractivity contribution in [3.05, 3.63) is 36.4 Å². The fourth-order valence-corrected chi connectivity index (χ4v) is 2.60. The molecule has 0 spiro atoms. The van der Waals surface area contributed by atoms with E-state index in [-0.39, 0.29) is 5.91 Å². The monoisotopic (exact) mass is 271 g/mol. The molecule has 1 aromatic carbocycles. The van der Waals surface area contributed by atoms with E-state index >= 15 is 0 Å². The van der Waals surface area contributed by atoms with Crippen LogP contribution >= 0.6 is 0 Å². The van der Waals surface area contributed by atoms with Crippen LogP contribution in [0.4, 0.5) is 11.4 Å². The Hall–Kier alpha value is -2.37. The van der Waals surface area contributed by atoms with Crippen LogP contribution in [0, 0.1) is 0 Å². The molecule has 2 N–H and O–H groups in total. The fraction of sp³-hybridized carbons (Fsp3) is 0.357. The summed E-state index contributed by atoms with van der Waals surface area (Å²) in [7, 11) is 0. The van der Waals surface area contributed by atoms with Crippen LogP contribution in [0.25, 0.3) is 0 Å². The highest BCUT2D eigenvalue weighted by molar-refractivity contribution is 5.95. The van der Waals surface area contributed by atoms with Crippen molar-refractivity contribution in [3.8, 4) is 0 Å². The highest BCUT2D eigenvalue weighted by Crippen LogP contribution is 2.31. The molecule has 1 aliphatic heterocycles. The van der Waals surface area contributed by atoms with Gasteiger partial charge in [-0.05, 0) is 30.5 Å². The third-order valence-electron chi connectivity index (χ3n) is 3.61. The normalized spacial score (nSPS) is 14.1. The molecule has 0 aliphatic carbocycles. The van der Waals surface area contributed by atoms with Gasteiger partial charge in [-0.2, -0.15) is 5.10 Å². The van der Waals surface area contributed by atoms with Gasteiger partial charge in [-0.15, -0.1) is 0 Å². The van der Waals surface area contributed by atoms with Crippen molar-refractivity contribution in [3.63, 3.8) is 0 Å². The number of nitrogens with two attached hydrogens (primary N) is 1. The number of rotatable bonds is 3. The molecule has 0 fully saturated rings. The molecule has 6 heteroatoms. The molecule has 1 aliphatic rings. The largest absolute Gasteiger partial charge is 0.398 e. The molecule has 20 heavy (non-hydrogen) atoms. The van der Waals surface area contributed by atoms with Crippen molar-refractivity contribution in [2.75, 3.05) is 17.2 Å². The molecule has 104 valence electrons. The highest BCUT2D eigenvalue weighted by Gasteiger charge is 2.23. The van der Waals surface area contributed by atoms with E-state index in [2.05, 4.69) is 10.1 Å². The van der Waals surface area contributed by atoms with Crippen LogP contribution in [0.15, 0.2) is 30.9 Å². The lowest BCUT2D eigenvalue weighted by atomic mass is 9.99. The topological polar surface area (TPSA) is 77.0 Å². The van der Waals surface area contributed by atoms with Gasteiger partial charge in [0.05, 0.1) is 6.54 Å². The van der Waals surface area contributed by atoms with Crippen molar-refractivity contribution in [1.29, 1.82) is 0 Å². The van der Waals surface area contributed by atoms with Crippen molar-refractivity contribution >= 4 is 17.3 Å². The molecule has 2 aromatic rings. The van der Waals surface area contributed by atoms with E-state index in [1.54, 1.807) is 11.0 Å². The summed E-state index contributed by atoms with van der Waals surface area (Å²) in [5, 5.41) is 4.01. The van der Waals surface area contributed by atoms with E-state index in [0.717, 1.165) is 36.3 Å². The molecule has 0 saturated carbocycles. The first-order valence-corrected chi connectivity index (χ1v) is 6.76. The van der Waals surface area contributed by atoms with Gasteiger partial charge in [-0.25, -0.2) is 4.98 Å². The first-order chi connectivity index (χ1) is 9.75. The number of nitrogen functional groups attached to an aromatic ring is 1. The van der Waals surface area contributed by atoms with Gasteiger partial charge in [0.25, 0.3) is 0 Å². The number of nitrogens with zero attached hydrogens (tertiary/aromatic N) is 4. The van der Waals surface area contributed by atoms with Gasteiger partial charge >= 0.3 is 0 Å². The second-order valence-electron chi connectivity index (χ2n) is 4.90. The van der Waals surface area contributed by atoms with Crippen LogP contribution in [0.2, 0.25) is 0 Å². The maximum atomic E-state index is 12.4. The average molecular weight is 271 g/mol. The lowest BCUT2D eigenvalue weighted by Gasteiger charge is -2.30. The minimum Gasteiger partial charge on any atom is -0.398 e. The molecule has 3 rings (SSSR count). The second kappa shape index (κ2) is 5.32. The Balaban J connectivity index is 1.75. The number of benzene rings is 1. The van der Waals surface area contributed by atoms with Crippen molar-refractivity contribution in [1.82, 2.24) is 14.8 Å². The minimum atomic E-state index is 0.104. The summed E-state index contributed by atoms with van der Waals surface area (Å²) in [5.74, 6) is 0.104. The maximum Gasteiger partial charge on any atom is 0.228 e. The van der Waals surface area contributed by atoms with Gasteiger partial charge < -0.3 is 10.6 Å². The quantitative estimate of drug-likeness (QED) is 0.852. The Morgan fingerprint density at radius 3 is 3.10 bits per heavy atom. The molecule has 0 atom stereocenters. The number of aromatic nitrogens is 3. The van der Waals surface area contributed by atoms with E-state index < -0.39 is 0 Å². The zero-order valence-electron chi connectivity index (χ0n) is 11.2. The van der Waals surface area contributed by atoms with Gasteiger partial charge in [0.1, 0.15) is 12.7 Å². The lowest BCUT2D eigenvalue weighted by Crippen LogP contribution is -2.36. The maximum absolute atomic E-state index is 12.4. The predicted molar refractivity (Wildman–Crippen MR) is 76.2 cm³/mol. The number of anilines is 2. The zero-order valence-corrected chi connectivity index (χ0v) is 11.2. The molecular weight excluding hydrogens is 254 g/mol. The summed E-state index contributed by atoms with van der Waals surface area (Å²) in [5.41, 5.74) is 8.82. The average Bonchev–Trinajstić information content (AvgIpc) is 2.98. The number of carbonyl (C=O) groups is 1. The zero-order chi connectivity index (χ0) is 13.9. The smallest absolute Gasteiger partial charge is 0.228 e. The van der Waals surface area contributed by atoms with Crippen molar-refractivity contribution in [2.24, 2.45) is 0 Å². The first kappa shape index (κ1) is 12.7. The van der Waals surface area contributed by atoms with E-state index in [1.165, 1.54) is 6.33 Å². The second-order valence-corrected chi connectivity index (χ2v) is 4.90. The third-order valence-corrected chi connectivity index (χ3v) is 3.61. The summed E-state index contributed by atoms with van der Waals surface area (Å²) in [4.78, 5) is 18.1. The van der Waals surface area contributed by atoms with E-state index in [0.29, 0.717) is 13.0 Å². The van der Waals surface area contributed by atoms with Crippen LogP contribution in [-0.2, 0) is 17.8 Å². The Labute approximate surface area is 117 Å². The summed E-state index contributed by atoms with van der Waals surface area (Å²) in [6.07, 6.45) is 5.40. The summed E-state index contributed by atoms with van der Waals surface area (Å²) in [6.45, 7) is 1.31. The molecule has 1 amide bonds. The summed E-state index contributed by atoms with van der Waals surface area (Å²) < 4.78 is 1.67. The predicted octanol–water partition coefficient (Wildman–Crippen LogP) is 1.23. The van der Waals surface area contributed by atoms with Gasteiger partial charge in [-0.1, -0.05) is 6.07 Å². The van der Waals surface area contributed by atoms with E-state index in [1.807, 2.05) is 23.1 Å². The van der Waals surface area contributed by atoms with Crippen LogP contribution in [-0.4, -0.2) is 27.2 Å². The summed E-state index contributed by atoms with van der Waals surface area (Å²) in [6, 6.07) is 5.76. The number of aryl methyl sites for hydroxylation is 1. The first-order valence-electron chi connectivity index (χ1n) is 6.76. The number of hydrogen-bond acceptors (Lipinski definition) is 4. The Bertz CT molecular complexity index is 608. The molecule has 0 unspecified atom stereocenters. The molecule has 0 saturated heterocycles. The van der Waals surface area contributed by atoms with Gasteiger partial charge in [0.2, 0.25) is 5.91 Å². The molecule has 2 heterocycles. The number of amides is 1. The Morgan fingerprint density at radius 2 is 2.30 bits per heavy atom. The fourth-order valence-electron chi connectivity index (χ4n) is 2.60. The standard InChI is InChI=1S/C14H17N5O/c15-12-4-1-5-13-11(12)3-2-7-19(13)14(20)6-8-18-10-16-9-17-18/h1,4-5,9-10H,2-3,6-8,15H2. The Kier molecular flexibility index (Phi) is 3.37. The lowest BCUT2D eigenvalue weighted by molar-refractivity contribution is -0.119. The number of carbonyl (C=O) groups excluding carboxylic acids is 1. The van der Waals surface area contributed by atoms with Crippen LogP contribution < -0.4 is 10.6 Å². The van der Waals surface area contributed by atoms with Crippen molar-refractivity contribution in [2.45, 2.75) is 25.8 Å². The molecular formula is C14H17N5O. The van der Waals surface area contributed by atoms with Crippen molar-refractivity contribution < 1.29 is 4.79 Å². The molecule has 0 bridgehead atoms. The van der Waals surface area contributed by atoms with Crippen LogP contribution in [0.3, 0.4) is 0 Å². The van der Waals surface area contributed by atoms with Crippen LogP contribution in [0.5, 0.6) is 0 Å².